The monoisotopic (exact) mass is 476 g/mol. The summed E-state index contributed by atoms with van der Waals surface area (Å²) in [5.74, 6) is 0. The van der Waals surface area contributed by atoms with E-state index in [0.29, 0.717) is 33.4 Å². The van der Waals surface area contributed by atoms with Crippen LogP contribution >= 0.6 is 23.2 Å². The largest absolute Gasteiger partial charge is 0.382 e. The highest BCUT2D eigenvalue weighted by Gasteiger charge is 2.23. The molecule has 1 atom stereocenters. The molecule has 2 N–H and O–H groups in total. The van der Waals surface area contributed by atoms with E-state index in [2.05, 4.69) is 35.7 Å². The van der Waals surface area contributed by atoms with Crippen LogP contribution in [0.3, 0.4) is 0 Å². The fourth-order valence-electron chi connectivity index (χ4n) is 3.15. The first-order chi connectivity index (χ1) is 15.5. The molecule has 0 saturated heterocycles. The third kappa shape index (κ3) is 4.55. The van der Waals surface area contributed by atoms with E-state index in [0.717, 1.165) is 0 Å². The highest BCUT2D eigenvalue weighted by Crippen LogP contribution is 2.29. The van der Waals surface area contributed by atoms with E-state index in [1.54, 1.807) is 31.7 Å². The maximum Gasteiger partial charge on any atom is 0.323 e. The molecule has 3 aromatic heterocycles. The Morgan fingerprint density at radius 3 is 2.62 bits per heavy atom. The summed E-state index contributed by atoms with van der Waals surface area (Å²) in [6, 6.07) is 2.63. The van der Waals surface area contributed by atoms with Gasteiger partial charge in [-0.2, -0.15) is 5.10 Å². The zero-order valence-corrected chi connectivity index (χ0v) is 18.5. The second-order valence-corrected chi connectivity index (χ2v) is 7.41. The average molecular weight is 477 g/mol. The Hall–Kier alpha value is -3.12. The molecule has 0 bridgehead atoms. The van der Waals surface area contributed by atoms with E-state index >= 15 is 0 Å². The Kier molecular flexibility index (Phi) is 6.61. The van der Waals surface area contributed by atoms with Gasteiger partial charge in [0.25, 0.3) is 0 Å². The summed E-state index contributed by atoms with van der Waals surface area (Å²) < 4.78 is 12.3. The maximum absolute atomic E-state index is 12.7. The lowest BCUT2D eigenvalue weighted by atomic mass is 10.2. The van der Waals surface area contributed by atoms with Crippen molar-refractivity contribution in [3.63, 3.8) is 0 Å². The van der Waals surface area contributed by atoms with Crippen LogP contribution in [0.15, 0.2) is 34.5 Å². The van der Waals surface area contributed by atoms with Gasteiger partial charge in [0.2, 0.25) is 0 Å². The number of aromatic nitrogens is 4. The van der Waals surface area contributed by atoms with Gasteiger partial charge in [0.1, 0.15) is 17.5 Å². The van der Waals surface area contributed by atoms with Crippen molar-refractivity contribution >= 4 is 58.7 Å². The van der Waals surface area contributed by atoms with E-state index in [9.17, 15) is 4.79 Å². The fraction of sp³-hybridized carbons (Fsp3) is 0.263. The normalized spacial score (nSPS) is 14.2. The zero-order valence-electron chi connectivity index (χ0n) is 17.0. The zero-order chi connectivity index (χ0) is 22.7. The van der Waals surface area contributed by atoms with Crippen molar-refractivity contribution in [1.82, 2.24) is 19.6 Å². The summed E-state index contributed by atoms with van der Waals surface area (Å²) >= 11 is 12.3. The van der Waals surface area contributed by atoms with Gasteiger partial charge in [-0.15, -0.1) is 0 Å². The van der Waals surface area contributed by atoms with Crippen LogP contribution in [0.25, 0.3) is 5.65 Å². The van der Waals surface area contributed by atoms with Gasteiger partial charge in [0, 0.05) is 32.7 Å². The molecule has 166 valence electrons. The van der Waals surface area contributed by atoms with E-state index in [1.165, 1.54) is 24.0 Å². The molecule has 3 aromatic rings. The number of aliphatic imine (C=N–C) groups is 2. The molecule has 1 aliphatic heterocycles. The first kappa shape index (κ1) is 22.1. The van der Waals surface area contributed by atoms with E-state index in [-0.39, 0.29) is 11.8 Å². The number of hydrogen-bond acceptors (Lipinski definition) is 8. The number of methoxy groups -OCH3 is 2. The molecule has 0 aromatic carbocycles. The summed E-state index contributed by atoms with van der Waals surface area (Å²) in [4.78, 5) is 29.6. The molecule has 0 saturated carbocycles. The topological polar surface area (TPSA) is 127 Å². The second-order valence-electron chi connectivity index (χ2n) is 6.61. The molecule has 4 heterocycles. The standard InChI is InChI=1S/C19H18Cl2N8O3/c1-31-9-13(32-2)17-12(8-24-15-6-14(21)28-29(15)17)27-19(30)26-10-5-11(20)16(25-7-10)18-22-3-4-23-18/h3-8,13,18H,9H2,1-2H3,(H2,26,27,30). The summed E-state index contributed by atoms with van der Waals surface area (Å²) in [6.45, 7) is 0.219. The van der Waals surface area contributed by atoms with Crippen LogP contribution in [0.1, 0.15) is 23.7 Å². The Labute approximate surface area is 192 Å². The number of amides is 2. The van der Waals surface area contributed by atoms with Gasteiger partial charge in [-0.05, 0) is 6.07 Å². The minimum Gasteiger partial charge on any atom is -0.382 e. The molecular weight excluding hydrogens is 459 g/mol. The molecular formula is C19H18Cl2N8O3. The van der Waals surface area contributed by atoms with Gasteiger partial charge >= 0.3 is 6.03 Å². The molecule has 2 amide bonds. The number of carbonyl (C=O) groups excluding carboxylic acids is 1. The van der Waals surface area contributed by atoms with Crippen LogP contribution in [0.2, 0.25) is 10.2 Å². The smallest absolute Gasteiger partial charge is 0.323 e. The molecule has 11 nitrogen and oxygen atoms in total. The van der Waals surface area contributed by atoms with Gasteiger partial charge in [-0.25, -0.2) is 14.3 Å². The molecule has 0 radical (unpaired) electrons. The summed E-state index contributed by atoms with van der Waals surface area (Å²) in [6.07, 6.45) is 5.11. The van der Waals surface area contributed by atoms with E-state index < -0.39 is 18.3 Å². The first-order valence-corrected chi connectivity index (χ1v) is 10.1. The van der Waals surface area contributed by atoms with Crippen molar-refractivity contribution in [3.05, 3.63) is 46.1 Å². The number of halogens is 2. The lowest BCUT2D eigenvalue weighted by molar-refractivity contribution is 0.0241. The number of nitrogens with zero attached hydrogens (tertiary/aromatic N) is 6. The average Bonchev–Trinajstić information content (AvgIpc) is 3.41. The van der Waals surface area contributed by atoms with Crippen molar-refractivity contribution in [2.24, 2.45) is 9.98 Å². The minimum atomic E-state index is -0.542. The van der Waals surface area contributed by atoms with Crippen molar-refractivity contribution < 1.29 is 14.3 Å². The van der Waals surface area contributed by atoms with Crippen LogP contribution in [0.5, 0.6) is 0 Å². The van der Waals surface area contributed by atoms with E-state index in [1.807, 2.05) is 0 Å². The summed E-state index contributed by atoms with van der Waals surface area (Å²) in [5, 5.41) is 10.3. The minimum absolute atomic E-state index is 0.219. The predicted molar refractivity (Wildman–Crippen MR) is 121 cm³/mol. The number of ether oxygens (including phenoxy) is 2. The quantitative estimate of drug-likeness (QED) is 0.536. The molecule has 0 aliphatic carbocycles. The number of nitrogens with one attached hydrogen (secondary N) is 2. The van der Waals surface area contributed by atoms with Gasteiger partial charge < -0.3 is 20.1 Å². The summed E-state index contributed by atoms with van der Waals surface area (Å²) in [7, 11) is 3.07. The lowest BCUT2D eigenvalue weighted by Crippen LogP contribution is -2.24. The SMILES string of the molecule is COCC(OC)c1c(NC(=O)Nc2cnc(C3N=CC=N3)c(Cl)c2)cnc2cc(Cl)nn12. The van der Waals surface area contributed by atoms with Gasteiger partial charge in [-0.1, -0.05) is 23.2 Å². The van der Waals surface area contributed by atoms with Gasteiger partial charge in [0.15, 0.2) is 17.0 Å². The van der Waals surface area contributed by atoms with Crippen molar-refractivity contribution in [2.75, 3.05) is 31.5 Å². The van der Waals surface area contributed by atoms with Crippen molar-refractivity contribution in [1.29, 1.82) is 0 Å². The van der Waals surface area contributed by atoms with Gasteiger partial charge in [0.05, 0.1) is 35.4 Å². The molecule has 1 aliphatic rings. The predicted octanol–water partition coefficient (Wildman–Crippen LogP) is 3.56. The first-order valence-electron chi connectivity index (χ1n) is 9.34. The number of rotatable bonds is 7. The number of fused-ring (bicyclic) bond motifs is 1. The molecule has 4 rings (SSSR count). The van der Waals surface area contributed by atoms with Crippen LogP contribution in [0, 0.1) is 0 Å². The third-order valence-electron chi connectivity index (χ3n) is 4.54. The Morgan fingerprint density at radius 1 is 1.16 bits per heavy atom. The number of anilines is 2. The molecule has 13 heteroatoms. The Balaban J connectivity index is 1.57. The van der Waals surface area contributed by atoms with Crippen LogP contribution in [-0.4, -0.2) is 58.9 Å². The number of carbonyl (C=O) groups is 1. The fourth-order valence-corrected chi connectivity index (χ4v) is 3.59. The highest BCUT2D eigenvalue weighted by molar-refractivity contribution is 6.31. The highest BCUT2D eigenvalue weighted by atomic mass is 35.5. The lowest BCUT2D eigenvalue weighted by Gasteiger charge is -2.19. The molecule has 1 unspecified atom stereocenters. The van der Waals surface area contributed by atoms with Crippen molar-refractivity contribution in [2.45, 2.75) is 12.3 Å². The number of urea groups is 1. The van der Waals surface area contributed by atoms with Crippen LogP contribution in [-0.2, 0) is 9.47 Å². The van der Waals surface area contributed by atoms with E-state index in [4.69, 9.17) is 32.7 Å². The Bertz CT molecular complexity index is 1200. The Morgan fingerprint density at radius 2 is 1.94 bits per heavy atom. The summed E-state index contributed by atoms with van der Waals surface area (Å²) in [5.41, 5.74) is 2.27. The number of hydrogen-bond donors (Lipinski definition) is 2. The van der Waals surface area contributed by atoms with Crippen molar-refractivity contribution in [3.8, 4) is 0 Å². The maximum atomic E-state index is 12.7. The number of pyridine rings is 1. The molecule has 0 fully saturated rings. The third-order valence-corrected chi connectivity index (χ3v) is 5.03. The molecule has 0 spiro atoms. The van der Waals surface area contributed by atoms with Gasteiger partial charge in [-0.3, -0.25) is 15.0 Å². The van der Waals surface area contributed by atoms with Crippen LogP contribution in [0.4, 0.5) is 16.2 Å². The van der Waals surface area contributed by atoms with Crippen LogP contribution < -0.4 is 10.6 Å². The second kappa shape index (κ2) is 9.57. The molecule has 32 heavy (non-hydrogen) atoms.